The number of nitriles is 1. The highest BCUT2D eigenvalue weighted by molar-refractivity contribution is 5.16. The van der Waals surface area contributed by atoms with Gasteiger partial charge in [0.2, 0.25) is 0 Å². The number of aryl methyl sites for hydroxylation is 1. The van der Waals surface area contributed by atoms with Crippen molar-refractivity contribution in [1.29, 1.82) is 5.26 Å². The largest absolute Gasteiger partial charge is 0.390 e. The third-order valence-corrected chi connectivity index (χ3v) is 4.72. The molecule has 0 aromatic heterocycles. The lowest BCUT2D eigenvalue weighted by Crippen LogP contribution is -2.47. The molecule has 1 saturated carbocycles. The fourth-order valence-electron chi connectivity index (χ4n) is 3.57. The van der Waals surface area contributed by atoms with Crippen LogP contribution in [-0.4, -0.2) is 10.7 Å². The van der Waals surface area contributed by atoms with Gasteiger partial charge in [0, 0.05) is 5.92 Å². The van der Waals surface area contributed by atoms with Gasteiger partial charge in [-0.25, -0.2) is 0 Å². The molecule has 3 atom stereocenters. The van der Waals surface area contributed by atoms with Crippen LogP contribution < -0.4 is 0 Å². The number of hydrogen-bond acceptors (Lipinski definition) is 2. The smallest absolute Gasteiger partial charge is 0.0690 e. The van der Waals surface area contributed by atoms with E-state index in [0.717, 1.165) is 32.1 Å². The van der Waals surface area contributed by atoms with Crippen LogP contribution >= 0.6 is 0 Å². The van der Waals surface area contributed by atoms with Crippen molar-refractivity contribution in [3.05, 3.63) is 35.9 Å². The zero-order valence-electron chi connectivity index (χ0n) is 11.9. The van der Waals surface area contributed by atoms with Crippen molar-refractivity contribution < 1.29 is 5.11 Å². The molecular formula is C17H23NO. The minimum atomic E-state index is -0.711. The average Bonchev–Trinajstić information content (AvgIpc) is 2.38. The molecule has 0 spiro atoms. The van der Waals surface area contributed by atoms with E-state index in [-0.39, 0.29) is 5.92 Å². The quantitative estimate of drug-likeness (QED) is 0.897. The Balaban J connectivity index is 2.13. The van der Waals surface area contributed by atoms with Gasteiger partial charge in [0.15, 0.2) is 0 Å². The van der Waals surface area contributed by atoms with E-state index in [1.54, 1.807) is 0 Å². The zero-order valence-corrected chi connectivity index (χ0v) is 11.9. The topological polar surface area (TPSA) is 44.0 Å². The molecule has 1 N–H and O–H groups in total. The first-order valence-electron chi connectivity index (χ1n) is 7.15. The van der Waals surface area contributed by atoms with Crippen molar-refractivity contribution in [3.8, 4) is 6.07 Å². The van der Waals surface area contributed by atoms with Gasteiger partial charge in [0.25, 0.3) is 0 Å². The third kappa shape index (κ3) is 2.98. The van der Waals surface area contributed by atoms with Gasteiger partial charge in [-0.15, -0.1) is 0 Å². The average molecular weight is 257 g/mol. The SMILES string of the molecule is C[C@]1(C#N)CCC[C@@](C)(O)[C@H]1CCc1ccccc1. The maximum Gasteiger partial charge on any atom is 0.0690 e. The molecule has 2 heteroatoms. The monoisotopic (exact) mass is 257 g/mol. The highest BCUT2D eigenvalue weighted by Crippen LogP contribution is 2.48. The first-order valence-corrected chi connectivity index (χ1v) is 7.15. The number of hydrogen-bond donors (Lipinski definition) is 1. The van der Waals surface area contributed by atoms with Crippen molar-refractivity contribution >= 4 is 0 Å². The van der Waals surface area contributed by atoms with Crippen LogP contribution in [0.1, 0.15) is 45.1 Å². The van der Waals surface area contributed by atoms with Crippen LogP contribution in [0.4, 0.5) is 0 Å². The summed E-state index contributed by atoms with van der Waals surface area (Å²) in [5.41, 5.74) is 0.178. The normalized spacial score (nSPS) is 34.7. The molecule has 1 fully saturated rings. The number of rotatable bonds is 3. The molecule has 1 aliphatic carbocycles. The van der Waals surface area contributed by atoms with Gasteiger partial charge in [-0.1, -0.05) is 30.3 Å². The molecule has 19 heavy (non-hydrogen) atoms. The van der Waals surface area contributed by atoms with Gasteiger partial charge in [-0.3, -0.25) is 0 Å². The molecule has 102 valence electrons. The summed E-state index contributed by atoms with van der Waals surface area (Å²) < 4.78 is 0. The second-order valence-corrected chi connectivity index (χ2v) is 6.32. The minimum absolute atomic E-state index is 0.0546. The summed E-state index contributed by atoms with van der Waals surface area (Å²) in [5.74, 6) is 0.0546. The summed E-state index contributed by atoms with van der Waals surface area (Å²) in [4.78, 5) is 0. The van der Waals surface area contributed by atoms with Crippen molar-refractivity contribution in [2.75, 3.05) is 0 Å². The van der Waals surface area contributed by atoms with Crippen molar-refractivity contribution in [3.63, 3.8) is 0 Å². The number of benzene rings is 1. The van der Waals surface area contributed by atoms with E-state index in [9.17, 15) is 10.4 Å². The third-order valence-electron chi connectivity index (χ3n) is 4.72. The highest BCUT2D eigenvalue weighted by Gasteiger charge is 2.47. The number of nitrogens with zero attached hydrogens (tertiary/aromatic N) is 1. The molecule has 1 aromatic rings. The standard InChI is InChI=1S/C17H23NO/c1-16(13-18)11-6-12-17(2,19)15(16)10-9-14-7-4-3-5-8-14/h3-5,7-8,15,19H,6,9-12H2,1-2H3/t15-,16+,17+/m0/s1. The summed E-state index contributed by atoms with van der Waals surface area (Å²) >= 11 is 0. The van der Waals surface area contributed by atoms with Crippen LogP contribution in [0.5, 0.6) is 0 Å². The predicted octanol–water partition coefficient (Wildman–Crippen LogP) is 3.70. The molecule has 0 bridgehead atoms. The Morgan fingerprint density at radius 3 is 2.58 bits per heavy atom. The van der Waals surface area contributed by atoms with Crippen LogP contribution in [-0.2, 0) is 6.42 Å². The Hall–Kier alpha value is -1.33. The molecule has 1 aromatic carbocycles. The van der Waals surface area contributed by atoms with Crippen LogP contribution in [0.3, 0.4) is 0 Å². The van der Waals surface area contributed by atoms with E-state index in [0.29, 0.717) is 0 Å². The van der Waals surface area contributed by atoms with Crippen LogP contribution in [0, 0.1) is 22.7 Å². The highest BCUT2D eigenvalue weighted by atomic mass is 16.3. The van der Waals surface area contributed by atoms with Gasteiger partial charge in [0.05, 0.1) is 17.1 Å². The lowest BCUT2D eigenvalue weighted by molar-refractivity contribution is -0.0793. The molecule has 2 rings (SSSR count). The van der Waals surface area contributed by atoms with Gasteiger partial charge in [-0.05, 0) is 51.5 Å². The predicted molar refractivity (Wildman–Crippen MR) is 76.4 cm³/mol. The molecule has 0 heterocycles. The Labute approximate surface area is 116 Å². The maximum atomic E-state index is 10.6. The molecule has 0 saturated heterocycles. The van der Waals surface area contributed by atoms with E-state index in [1.165, 1.54) is 5.56 Å². The Morgan fingerprint density at radius 2 is 1.95 bits per heavy atom. The Kier molecular flexibility index (Phi) is 3.96. The molecule has 1 aliphatic rings. The minimum Gasteiger partial charge on any atom is -0.390 e. The van der Waals surface area contributed by atoms with Gasteiger partial charge >= 0.3 is 0 Å². The molecule has 2 nitrogen and oxygen atoms in total. The Bertz CT molecular complexity index is 460. The van der Waals surface area contributed by atoms with Crippen LogP contribution in [0.15, 0.2) is 30.3 Å². The molecule has 0 unspecified atom stereocenters. The Morgan fingerprint density at radius 1 is 1.26 bits per heavy atom. The summed E-state index contributed by atoms with van der Waals surface area (Å²) in [6.45, 7) is 3.91. The second kappa shape index (κ2) is 5.35. The van der Waals surface area contributed by atoms with Crippen LogP contribution in [0.2, 0.25) is 0 Å². The molecule has 0 radical (unpaired) electrons. The molecule has 0 amide bonds. The first-order chi connectivity index (χ1) is 8.98. The summed E-state index contributed by atoms with van der Waals surface area (Å²) in [7, 11) is 0. The molecule has 0 aliphatic heterocycles. The van der Waals surface area contributed by atoms with E-state index in [1.807, 2.05) is 32.0 Å². The van der Waals surface area contributed by atoms with E-state index < -0.39 is 11.0 Å². The van der Waals surface area contributed by atoms with Crippen LogP contribution in [0.25, 0.3) is 0 Å². The lowest BCUT2D eigenvalue weighted by Gasteiger charge is -2.46. The van der Waals surface area contributed by atoms with E-state index >= 15 is 0 Å². The van der Waals surface area contributed by atoms with Crippen molar-refractivity contribution in [2.45, 2.75) is 51.6 Å². The lowest BCUT2D eigenvalue weighted by atomic mass is 9.60. The fraction of sp³-hybridized carbons (Fsp3) is 0.588. The van der Waals surface area contributed by atoms with Gasteiger partial charge in [-0.2, -0.15) is 5.26 Å². The summed E-state index contributed by atoms with van der Waals surface area (Å²) in [6, 6.07) is 12.8. The molecular weight excluding hydrogens is 234 g/mol. The number of aliphatic hydroxyl groups is 1. The second-order valence-electron chi connectivity index (χ2n) is 6.32. The summed E-state index contributed by atoms with van der Waals surface area (Å²) in [6.07, 6.45) is 4.46. The fourth-order valence-corrected chi connectivity index (χ4v) is 3.57. The van der Waals surface area contributed by atoms with E-state index in [2.05, 4.69) is 18.2 Å². The zero-order chi connectivity index (χ0) is 13.9. The van der Waals surface area contributed by atoms with Gasteiger partial charge < -0.3 is 5.11 Å². The van der Waals surface area contributed by atoms with Gasteiger partial charge in [0.1, 0.15) is 0 Å². The maximum absolute atomic E-state index is 10.6. The van der Waals surface area contributed by atoms with E-state index in [4.69, 9.17) is 0 Å². The van der Waals surface area contributed by atoms with Crippen molar-refractivity contribution in [1.82, 2.24) is 0 Å². The summed E-state index contributed by atoms with van der Waals surface area (Å²) in [5, 5.41) is 20.1. The van der Waals surface area contributed by atoms with Crippen molar-refractivity contribution in [2.24, 2.45) is 11.3 Å². The first kappa shape index (κ1) is 14.1.